The van der Waals surface area contributed by atoms with E-state index in [0.29, 0.717) is 40.3 Å². The van der Waals surface area contributed by atoms with Gasteiger partial charge in [0.25, 0.3) is 11.8 Å². The highest BCUT2D eigenvalue weighted by Crippen LogP contribution is 2.38. The van der Waals surface area contributed by atoms with Crippen LogP contribution < -0.4 is 24.4 Å². The monoisotopic (exact) mass is 650 g/mol. The molecule has 5 rings (SSSR count). The molecule has 0 radical (unpaired) electrons. The summed E-state index contributed by atoms with van der Waals surface area (Å²) >= 11 is 18.7. The largest absolute Gasteiger partial charge is 0.490 e. The van der Waals surface area contributed by atoms with Gasteiger partial charge in [-0.25, -0.2) is 9.69 Å². The van der Waals surface area contributed by atoms with Crippen molar-refractivity contribution in [2.75, 3.05) is 11.5 Å². The molecule has 11 heteroatoms. The lowest BCUT2D eigenvalue weighted by Crippen LogP contribution is -2.54. The second-order valence-corrected chi connectivity index (χ2v) is 10.8. The van der Waals surface area contributed by atoms with Gasteiger partial charge in [-0.15, -0.1) is 0 Å². The minimum Gasteiger partial charge on any atom is -0.490 e. The molecule has 4 aromatic rings. The highest BCUT2D eigenvalue weighted by molar-refractivity contribution is 6.39. The van der Waals surface area contributed by atoms with Gasteiger partial charge in [0.15, 0.2) is 11.5 Å². The van der Waals surface area contributed by atoms with Crippen LogP contribution in [0.2, 0.25) is 15.1 Å². The fourth-order valence-electron chi connectivity index (χ4n) is 4.34. The van der Waals surface area contributed by atoms with Crippen LogP contribution in [0.25, 0.3) is 6.08 Å². The zero-order chi connectivity index (χ0) is 31.2. The van der Waals surface area contributed by atoms with Gasteiger partial charge in [0, 0.05) is 15.6 Å². The third kappa shape index (κ3) is 7.17. The number of barbiturate groups is 1. The molecule has 0 spiro atoms. The van der Waals surface area contributed by atoms with E-state index in [1.54, 1.807) is 55.5 Å². The molecule has 0 aliphatic carbocycles. The number of imide groups is 2. The number of carbonyl (C=O) groups excluding carboxylic acids is 3. The first-order valence-corrected chi connectivity index (χ1v) is 14.6. The van der Waals surface area contributed by atoms with Crippen LogP contribution in [0, 0.1) is 0 Å². The summed E-state index contributed by atoms with van der Waals surface area (Å²) in [4.78, 5) is 39.8. The number of halogens is 3. The molecular formula is C33H25Cl3N2O6. The standard InChI is InChI=1S/C33H25Cl3N2O6/c1-2-42-29-17-21(16-28(36)30(29)44-19-22-5-3-4-6-27(22)35)15-26-31(39)37-33(41)38(32(26)40)24-11-13-25(14-12-24)43-18-20-7-9-23(34)10-8-20/h3-17H,2,18-19H2,1H3,(H,37,39,41)/b26-15+. The van der Waals surface area contributed by atoms with Crippen molar-refractivity contribution in [3.05, 3.63) is 122 Å². The zero-order valence-corrected chi connectivity index (χ0v) is 25.6. The first-order chi connectivity index (χ1) is 21.2. The molecule has 0 saturated carbocycles. The Labute approximate surface area is 268 Å². The molecule has 1 N–H and O–H groups in total. The van der Waals surface area contributed by atoms with Crippen molar-refractivity contribution in [3.63, 3.8) is 0 Å². The number of nitrogens with one attached hydrogen (secondary N) is 1. The van der Waals surface area contributed by atoms with Crippen molar-refractivity contribution < 1.29 is 28.6 Å². The number of hydrogen-bond donors (Lipinski definition) is 1. The Morgan fingerprint density at radius 2 is 1.52 bits per heavy atom. The second-order valence-electron chi connectivity index (χ2n) is 9.51. The Morgan fingerprint density at radius 3 is 2.23 bits per heavy atom. The molecule has 1 aliphatic heterocycles. The lowest BCUT2D eigenvalue weighted by Gasteiger charge is -2.26. The topological polar surface area (TPSA) is 94.2 Å². The third-order valence-electron chi connectivity index (χ3n) is 6.49. The summed E-state index contributed by atoms with van der Waals surface area (Å²) in [6, 6.07) is 23.1. The van der Waals surface area contributed by atoms with Crippen LogP contribution in [0.1, 0.15) is 23.6 Å². The summed E-state index contributed by atoms with van der Waals surface area (Å²) in [6.45, 7) is 2.55. The zero-order valence-electron chi connectivity index (χ0n) is 23.3. The minimum absolute atomic E-state index is 0.142. The summed E-state index contributed by atoms with van der Waals surface area (Å²) in [5.41, 5.74) is 2.05. The van der Waals surface area contributed by atoms with Crippen molar-refractivity contribution in [1.29, 1.82) is 0 Å². The first-order valence-electron chi connectivity index (χ1n) is 13.4. The van der Waals surface area contributed by atoms with Crippen molar-refractivity contribution in [1.82, 2.24) is 5.32 Å². The van der Waals surface area contributed by atoms with Gasteiger partial charge in [0.1, 0.15) is 24.5 Å². The molecule has 4 aromatic carbocycles. The van der Waals surface area contributed by atoms with Crippen LogP contribution in [0.3, 0.4) is 0 Å². The molecule has 0 atom stereocenters. The maximum absolute atomic E-state index is 13.5. The Morgan fingerprint density at radius 1 is 0.795 bits per heavy atom. The summed E-state index contributed by atoms with van der Waals surface area (Å²) < 4.78 is 17.5. The van der Waals surface area contributed by atoms with E-state index in [0.717, 1.165) is 16.0 Å². The maximum Gasteiger partial charge on any atom is 0.335 e. The quantitative estimate of drug-likeness (QED) is 0.139. The molecule has 1 saturated heterocycles. The van der Waals surface area contributed by atoms with Crippen LogP contribution >= 0.6 is 34.8 Å². The number of anilines is 1. The van der Waals surface area contributed by atoms with Crippen LogP contribution in [0.4, 0.5) is 10.5 Å². The van der Waals surface area contributed by atoms with Crippen molar-refractivity contribution in [2.45, 2.75) is 20.1 Å². The summed E-state index contributed by atoms with van der Waals surface area (Å²) in [6.07, 6.45) is 1.34. The summed E-state index contributed by atoms with van der Waals surface area (Å²) in [5, 5.41) is 3.59. The molecule has 8 nitrogen and oxygen atoms in total. The fraction of sp³-hybridized carbons (Fsp3) is 0.121. The van der Waals surface area contributed by atoms with Gasteiger partial charge in [-0.05, 0) is 78.7 Å². The number of rotatable bonds is 10. The number of amides is 4. The van der Waals surface area contributed by atoms with Gasteiger partial charge < -0.3 is 14.2 Å². The minimum atomic E-state index is -0.872. The van der Waals surface area contributed by atoms with E-state index < -0.39 is 17.8 Å². The fourth-order valence-corrected chi connectivity index (χ4v) is 4.93. The molecule has 1 fully saturated rings. The van der Waals surface area contributed by atoms with Crippen molar-refractivity contribution in [2.24, 2.45) is 0 Å². The molecule has 4 amide bonds. The smallest absolute Gasteiger partial charge is 0.335 e. The molecule has 1 heterocycles. The average Bonchev–Trinajstić information content (AvgIpc) is 3.00. The predicted octanol–water partition coefficient (Wildman–Crippen LogP) is 7.87. The van der Waals surface area contributed by atoms with Gasteiger partial charge >= 0.3 is 6.03 Å². The van der Waals surface area contributed by atoms with Gasteiger partial charge in [0.05, 0.1) is 17.3 Å². The Hall–Kier alpha value is -4.50. The Balaban J connectivity index is 1.36. The normalized spacial score (nSPS) is 14.0. The molecule has 224 valence electrons. The van der Waals surface area contributed by atoms with Crippen LogP contribution in [0.5, 0.6) is 17.2 Å². The highest BCUT2D eigenvalue weighted by atomic mass is 35.5. The molecule has 0 bridgehead atoms. The van der Waals surface area contributed by atoms with Crippen LogP contribution in [-0.4, -0.2) is 24.5 Å². The lowest BCUT2D eigenvalue weighted by molar-refractivity contribution is -0.122. The number of ether oxygens (including phenoxy) is 3. The average molecular weight is 652 g/mol. The van der Waals surface area contributed by atoms with E-state index >= 15 is 0 Å². The molecular weight excluding hydrogens is 627 g/mol. The van der Waals surface area contributed by atoms with E-state index in [-0.39, 0.29) is 28.6 Å². The highest BCUT2D eigenvalue weighted by Gasteiger charge is 2.37. The number of nitrogens with zero attached hydrogens (tertiary/aromatic N) is 1. The molecule has 0 unspecified atom stereocenters. The van der Waals surface area contributed by atoms with E-state index in [1.807, 2.05) is 30.3 Å². The van der Waals surface area contributed by atoms with Crippen molar-refractivity contribution >= 4 is 64.4 Å². The molecule has 0 aromatic heterocycles. The van der Waals surface area contributed by atoms with Crippen LogP contribution in [-0.2, 0) is 22.8 Å². The van der Waals surface area contributed by atoms with Crippen molar-refractivity contribution in [3.8, 4) is 17.2 Å². The summed E-state index contributed by atoms with van der Waals surface area (Å²) in [7, 11) is 0. The SMILES string of the molecule is CCOc1cc(/C=C2\C(=O)NC(=O)N(c3ccc(OCc4ccc(Cl)cc4)cc3)C2=O)cc(Cl)c1OCc1ccccc1Cl. The second kappa shape index (κ2) is 13.9. The Kier molecular flexibility index (Phi) is 9.75. The Bertz CT molecular complexity index is 1740. The van der Waals surface area contributed by atoms with E-state index in [4.69, 9.17) is 49.0 Å². The number of urea groups is 1. The number of hydrogen-bond acceptors (Lipinski definition) is 6. The van der Waals surface area contributed by atoms with E-state index in [1.165, 1.54) is 12.1 Å². The van der Waals surface area contributed by atoms with Gasteiger partial charge in [-0.2, -0.15) is 0 Å². The number of carbonyl (C=O) groups is 3. The molecule has 1 aliphatic rings. The van der Waals surface area contributed by atoms with Crippen LogP contribution in [0.15, 0.2) is 90.5 Å². The lowest BCUT2D eigenvalue weighted by atomic mass is 10.1. The molecule has 44 heavy (non-hydrogen) atoms. The maximum atomic E-state index is 13.5. The third-order valence-corrected chi connectivity index (χ3v) is 7.39. The van der Waals surface area contributed by atoms with Gasteiger partial charge in [0.2, 0.25) is 0 Å². The van der Waals surface area contributed by atoms with E-state index in [2.05, 4.69) is 5.32 Å². The first kappa shape index (κ1) is 30.9. The number of benzene rings is 4. The predicted molar refractivity (Wildman–Crippen MR) is 170 cm³/mol. The van der Waals surface area contributed by atoms with E-state index in [9.17, 15) is 14.4 Å². The summed E-state index contributed by atoms with van der Waals surface area (Å²) in [5.74, 6) is -0.528. The van der Waals surface area contributed by atoms with Gasteiger partial charge in [-0.1, -0.05) is 65.1 Å². The van der Waals surface area contributed by atoms with Gasteiger partial charge in [-0.3, -0.25) is 14.9 Å².